The number of benzene rings is 2. The quantitative estimate of drug-likeness (QED) is 0.621. The molecule has 2 heterocycles. The summed E-state index contributed by atoms with van der Waals surface area (Å²) in [5, 5.41) is 7.71. The number of pyridine rings is 1. The Kier molecular flexibility index (Phi) is 5.92. The lowest BCUT2D eigenvalue weighted by Gasteiger charge is -2.12. The molecule has 3 aromatic rings. The molecule has 0 saturated carbocycles. The normalized spacial score (nSPS) is 15.7. The van der Waals surface area contributed by atoms with Crippen molar-refractivity contribution in [1.29, 1.82) is 0 Å². The van der Waals surface area contributed by atoms with Crippen LogP contribution in [0.5, 0.6) is 0 Å². The van der Waals surface area contributed by atoms with Crippen LogP contribution in [0.4, 0.5) is 5.69 Å². The van der Waals surface area contributed by atoms with Crippen LogP contribution < -0.4 is 10.6 Å². The average Bonchev–Trinajstić information content (AvgIpc) is 3.26. The maximum atomic E-state index is 5.94. The highest BCUT2D eigenvalue weighted by Gasteiger charge is 2.12. The molecular formula is C24H22ClN3. The van der Waals surface area contributed by atoms with Gasteiger partial charge in [-0.2, -0.15) is 0 Å². The molecule has 1 fully saturated rings. The molecule has 4 rings (SSSR count). The second-order valence-electron chi connectivity index (χ2n) is 6.94. The van der Waals surface area contributed by atoms with Crippen molar-refractivity contribution in [2.75, 3.05) is 18.4 Å². The third-order valence-electron chi connectivity index (χ3n) is 4.88. The molecule has 2 N–H and O–H groups in total. The van der Waals surface area contributed by atoms with E-state index in [2.05, 4.69) is 39.6 Å². The molecule has 3 nitrogen and oxygen atoms in total. The van der Waals surface area contributed by atoms with E-state index in [0.717, 1.165) is 46.2 Å². The van der Waals surface area contributed by atoms with Gasteiger partial charge >= 0.3 is 0 Å². The topological polar surface area (TPSA) is 37.0 Å². The number of rotatable bonds is 4. The van der Waals surface area contributed by atoms with Gasteiger partial charge in [-0.25, -0.2) is 4.98 Å². The van der Waals surface area contributed by atoms with Crippen LogP contribution in [0.15, 0.2) is 66.9 Å². The Balaban J connectivity index is 1.37. The summed E-state index contributed by atoms with van der Waals surface area (Å²) in [6, 6.07) is 20.5. The van der Waals surface area contributed by atoms with Gasteiger partial charge in [0.25, 0.3) is 0 Å². The first-order valence-corrected chi connectivity index (χ1v) is 9.95. The van der Waals surface area contributed by atoms with Gasteiger partial charge in [0, 0.05) is 40.6 Å². The third-order valence-corrected chi connectivity index (χ3v) is 5.13. The first kappa shape index (κ1) is 18.6. The predicted octanol–water partition coefficient (Wildman–Crippen LogP) is 4.97. The molecule has 1 aliphatic rings. The van der Waals surface area contributed by atoms with Gasteiger partial charge in [-0.3, -0.25) is 0 Å². The van der Waals surface area contributed by atoms with Crippen LogP contribution in [0.3, 0.4) is 0 Å². The Hall–Kier alpha value is -2.80. The summed E-state index contributed by atoms with van der Waals surface area (Å²) < 4.78 is 0. The fraction of sp³-hybridized carbons (Fsp3) is 0.208. The average molecular weight is 388 g/mol. The zero-order chi connectivity index (χ0) is 19.2. The molecule has 1 atom stereocenters. The predicted molar refractivity (Wildman–Crippen MR) is 117 cm³/mol. The Bertz CT molecular complexity index is 962. The highest BCUT2D eigenvalue weighted by Crippen LogP contribution is 2.20. The van der Waals surface area contributed by atoms with Gasteiger partial charge in [0.1, 0.15) is 5.69 Å². The van der Waals surface area contributed by atoms with Crippen molar-refractivity contribution in [1.82, 2.24) is 10.3 Å². The fourth-order valence-corrected chi connectivity index (χ4v) is 3.39. The van der Waals surface area contributed by atoms with E-state index in [9.17, 15) is 0 Å². The minimum Gasteiger partial charge on any atom is -0.383 e. The molecule has 0 spiro atoms. The lowest BCUT2D eigenvalue weighted by molar-refractivity contribution is 0.633. The van der Waals surface area contributed by atoms with Crippen molar-refractivity contribution in [3.63, 3.8) is 0 Å². The number of nitrogens with zero attached hydrogens (tertiary/aromatic N) is 1. The van der Waals surface area contributed by atoms with Crippen molar-refractivity contribution in [2.45, 2.75) is 18.9 Å². The molecule has 0 amide bonds. The standard InChI is InChI=1S/C24H22ClN3/c25-21-9-6-19(7-10-21)20-8-14-23(27-16-20)13-5-18-3-11-22(12-4-18)28-17-24-2-1-15-26-24/h3-4,6-12,14,16,24,26,28H,1-2,15,17H2. The monoisotopic (exact) mass is 387 g/mol. The summed E-state index contributed by atoms with van der Waals surface area (Å²) in [7, 11) is 0. The second kappa shape index (κ2) is 8.93. The highest BCUT2D eigenvalue weighted by atomic mass is 35.5. The first-order valence-electron chi connectivity index (χ1n) is 9.58. The summed E-state index contributed by atoms with van der Waals surface area (Å²) in [6.45, 7) is 2.10. The minimum absolute atomic E-state index is 0.585. The number of anilines is 1. The zero-order valence-electron chi connectivity index (χ0n) is 15.6. The van der Waals surface area contributed by atoms with E-state index in [4.69, 9.17) is 11.6 Å². The van der Waals surface area contributed by atoms with Crippen molar-refractivity contribution < 1.29 is 0 Å². The Morgan fingerprint density at radius 3 is 2.43 bits per heavy atom. The Labute approximate surface area is 171 Å². The van der Waals surface area contributed by atoms with E-state index in [-0.39, 0.29) is 0 Å². The number of aromatic nitrogens is 1. The molecule has 2 aromatic carbocycles. The van der Waals surface area contributed by atoms with Crippen molar-refractivity contribution in [2.24, 2.45) is 0 Å². The maximum absolute atomic E-state index is 5.94. The molecule has 4 heteroatoms. The van der Waals surface area contributed by atoms with E-state index in [1.807, 2.05) is 54.7 Å². The number of hydrogen-bond donors (Lipinski definition) is 2. The lowest BCUT2D eigenvalue weighted by atomic mass is 10.1. The van der Waals surface area contributed by atoms with Gasteiger partial charge < -0.3 is 10.6 Å². The van der Waals surface area contributed by atoms with E-state index in [0.29, 0.717) is 6.04 Å². The van der Waals surface area contributed by atoms with Crippen LogP contribution in [0.1, 0.15) is 24.1 Å². The molecular weight excluding hydrogens is 366 g/mol. The zero-order valence-corrected chi connectivity index (χ0v) is 16.3. The number of hydrogen-bond acceptors (Lipinski definition) is 3. The molecule has 1 saturated heterocycles. The minimum atomic E-state index is 0.585. The summed E-state index contributed by atoms with van der Waals surface area (Å²) in [5.74, 6) is 6.31. The number of nitrogens with one attached hydrogen (secondary N) is 2. The molecule has 0 radical (unpaired) electrons. The molecule has 0 bridgehead atoms. The van der Waals surface area contributed by atoms with Gasteiger partial charge in [0.05, 0.1) is 0 Å². The molecule has 140 valence electrons. The van der Waals surface area contributed by atoms with E-state index >= 15 is 0 Å². The Morgan fingerprint density at radius 2 is 1.75 bits per heavy atom. The summed E-state index contributed by atoms with van der Waals surface area (Å²) in [4.78, 5) is 4.46. The van der Waals surface area contributed by atoms with Gasteiger partial charge in [0.15, 0.2) is 0 Å². The molecule has 1 aromatic heterocycles. The van der Waals surface area contributed by atoms with Crippen LogP contribution in [0.2, 0.25) is 5.02 Å². The Morgan fingerprint density at radius 1 is 0.964 bits per heavy atom. The lowest BCUT2D eigenvalue weighted by Crippen LogP contribution is -2.29. The van der Waals surface area contributed by atoms with Crippen molar-refractivity contribution >= 4 is 17.3 Å². The van der Waals surface area contributed by atoms with E-state index in [1.165, 1.54) is 12.8 Å². The third kappa shape index (κ3) is 4.92. The second-order valence-corrected chi connectivity index (χ2v) is 7.38. The molecule has 0 aliphatic carbocycles. The van der Waals surface area contributed by atoms with E-state index in [1.54, 1.807) is 0 Å². The fourth-order valence-electron chi connectivity index (χ4n) is 3.26. The van der Waals surface area contributed by atoms with Crippen LogP contribution in [-0.2, 0) is 0 Å². The van der Waals surface area contributed by atoms with Crippen LogP contribution in [0, 0.1) is 11.8 Å². The van der Waals surface area contributed by atoms with Gasteiger partial charge in [0.2, 0.25) is 0 Å². The first-order chi connectivity index (χ1) is 13.8. The highest BCUT2D eigenvalue weighted by molar-refractivity contribution is 6.30. The number of halogens is 1. The summed E-state index contributed by atoms with van der Waals surface area (Å²) in [6.07, 6.45) is 4.37. The van der Waals surface area contributed by atoms with Gasteiger partial charge in [-0.05, 0) is 73.3 Å². The van der Waals surface area contributed by atoms with Gasteiger partial charge in [-0.15, -0.1) is 0 Å². The summed E-state index contributed by atoms with van der Waals surface area (Å²) in [5.41, 5.74) is 5.01. The van der Waals surface area contributed by atoms with Crippen molar-refractivity contribution in [3.05, 3.63) is 83.1 Å². The molecule has 1 aliphatic heterocycles. The van der Waals surface area contributed by atoms with Crippen LogP contribution in [-0.4, -0.2) is 24.1 Å². The largest absolute Gasteiger partial charge is 0.383 e. The van der Waals surface area contributed by atoms with E-state index < -0.39 is 0 Å². The van der Waals surface area contributed by atoms with Gasteiger partial charge in [-0.1, -0.05) is 35.7 Å². The van der Waals surface area contributed by atoms with Crippen LogP contribution >= 0.6 is 11.6 Å². The van der Waals surface area contributed by atoms with Crippen LogP contribution in [0.25, 0.3) is 11.1 Å². The SMILES string of the molecule is Clc1ccc(-c2ccc(C#Cc3ccc(NCC4CCCN4)cc3)nc2)cc1. The maximum Gasteiger partial charge on any atom is 0.113 e. The molecule has 28 heavy (non-hydrogen) atoms. The molecule has 1 unspecified atom stereocenters. The smallest absolute Gasteiger partial charge is 0.113 e. The summed E-state index contributed by atoms with van der Waals surface area (Å²) >= 11 is 5.94. The van der Waals surface area contributed by atoms with Crippen molar-refractivity contribution in [3.8, 4) is 23.0 Å².